The minimum absolute atomic E-state index is 0.0820. The van der Waals surface area contributed by atoms with Gasteiger partial charge in [-0.3, -0.25) is 13.6 Å². The molecule has 1 aromatic heterocycles. The highest BCUT2D eigenvalue weighted by molar-refractivity contribution is 7.54. The number of hydrogen-bond donors (Lipinski definition) is 0. The van der Waals surface area contributed by atoms with Gasteiger partial charge in [0.2, 0.25) is 13.6 Å². The second-order valence-corrected chi connectivity index (χ2v) is 14.4. The lowest BCUT2D eigenvalue weighted by atomic mass is 10.1. The Hall–Kier alpha value is -2.13. The summed E-state index contributed by atoms with van der Waals surface area (Å²) in [4.78, 5) is 36.2. The van der Waals surface area contributed by atoms with E-state index >= 15 is 8.78 Å². The van der Waals surface area contributed by atoms with Crippen LogP contribution in [-0.2, 0) is 38.2 Å². The highest BCUT2D eigenvalue weighted by Crippen LogP contribution is 2.67. The van der Waals surface area contributed by atoms with Gasteiger partial charge in [0, 0.05) is 10.3 Å². The van der Waals surface area contributed by atoms with Crippen molar-refractivity contribution in [3.63, 3.8) is 0 Å². The Kier molecular flexibility index (Phi) is 13.2. The third-order valence-corrected chi connectivity index (χ3v) is 10.4. The number of rotatable bonds is 12. The molecule has 0 saturated carbocycles. The highest BCUT2D eigenvalue weighted by atomic mass is 35.5. The summed E-state index contributed by atoms with van der Waals surface area (Å²) in [5, 5.41) is -1.11. The molecule has 2 aromatic carbocycles. The predicted molar refractivity (Wildman–Crippen MR) is 167 cm³/mol. The predicted octanol–water partition coefficient (Wildman–Crippen LogP) is 10.7. The molecule has 3 rings (SSSR count). The Labute approximate surface area is 289 Å². The first-order valence-electron chi connectivity index (χ1n) is 12.6. The van der Waals surface area contributed by atoms with E-state index in [0.29, 0.717) is 4.70 Å². The van der Waals surface area contributed by atoms with Gasteiger partial charge < -0.3 is 23.7 Å². The minimum Gasteiger partial charge on any atom is -0.432 e. The molecule has 0 aliphatic heterocycles. The lowest BCUT2D eigenvalue weighted by molar-refractivity contribution is -0.0527. The number of halogens is 7. The van der Waals surface area contributed by atoms with Crippen molar-refractivity contribution in [1.29, 1.82) is 0 Å². The van der Waals surface area contributed by atoms with E-state index in [-0.39, 0.29) is 41.1 Å². The van der Waals surface area contributed by atoms with Crippen LogP contribution in [0.15, 0.2) is 24.3 Å². The lowest BCUT2D eigenvalue weighted by Gasteiger charge is -2.26. The van der Waals surface area contributed by atoms with Crippen LogP contribution in [-0.4, -0.2) is 44.1 Å². The number of esters is 1. The standard InChI is InChI=1S/C26H22Cl5F2O11PS/c1-11(2)42-24(35)38-9-40-45(37,41-10-39-25(36)43-12(3)4)26(32,33)14-5-6-15-13(7-14)8-16(46-15)23(34)44-22-20(30)18(28)17(27)19(29)21(22)31/h5-8,11-12H,9-10H2,1-4H3. The summed E-state index contributed by atoms with van der Waals surface area (Å²) in [6, 6.07) is 4.19. The largest absolute Gasteiger partial charge is 0.510 e. The summed E-state index contributed by atoms with van der Waals surface area (Å²) in [6.45, 7) is 3.42. The lowest BCUT2D eigenvalue weighted by Crippen LogP contribution is -2.22. The van der Waals surface area contributed by atoms with E-state index in [4.69, 9.17) is 81.3 Å². The van der Waals surface area contributed by atoms with Crippen molar-refractivity contribution in [2.75, 3.05) is 13.6 Å². The van der Waals surface area contributed by atoms with Crippen LogP contribution in [0.2, 0.25) is 25.1 Å². The number of benzene rings is 2. The Morgan fingerprint density at radius 3 is 1.76 bits per heavy atom. The normalized spacial score (nSPS) is 12.0. The molecule has 3 aromatic rings. The van der Waals surface area contributed by atoms with Gasteiger partial charge in [-0.2, -0.15) is 8.78 Å². The molecule has 0 aliphatic carbocycles. The zero-order chi connectivity index (χ0) is 34.6. The zero-order valence-electron chi connectivity index (χ0n) is 23.9. The molecule has 0 atom stereocenters. The van der Waals surface area contributed by atoms with Crippen LogP contribution in [0.25, 0.3) is 10.1 Å². The first kappa shape index (κ1) is 38.3. The fraction of sp³-hybridized carbons (Fsp3) is 0.346. The van der Waals surface area contributed by atoms with Crippen LogP contribution in [0.1, 0.15) is 42.9 Å². The number of carbonyl (C=O) groups is 3. The Morgan fingerprint density at radius 1 is 0.804 bits per heavy atom. The minimum atomic E-state index is -5.64. The van der Waals surface area contributed by atoms with Crippen molar-refractivity contribution in [3.05, 3.63) is 59.8 Å². The molecule has 20 heteroatoms. The summed E-state index contributed by atoms with van der Waals surface area (Å²) in [6.07, 6.45) is -3.84. The average molecular weight is 789 g/mol. The Bertz CT molecular complexity index is 1620. The molecular weight excluding hydrogens is 767 g/mol. The van der Waals surface area contributed by atoms with Gasteiger partial charge in [0.15, 0.2) is 5.75 Å². The Morgan fingerprint density at radius 2 is 1.28 bits per heavy atom. The van der Waals surface area contributed by atoms with E-state index in [1.54, 1.807) is 0 Å². The number of hydrogen-bond acceptors (Lipinski definition) is 12. The molecule has 46 heavy (non-hydrogen) atoms. The van der Waals surface area contributed by atoms with Crippen LogP contribution in [0.3, 0.4) is 0 Å². The highest BCUT2D eigenvalue weighted by Gasteiger charge is 2.56. The van der Waals surface area contributed by atoms with Crippen molar-refractivity contribution < 1.29 is 60.5 Å². The van der Waals surface area contributed by atoms with Crippen molar-refractivity contribution in [3.8, 4) is 5.75 Å². The summed E-state index contributed by atoms with van der Waals surface area (Å²) in [7, 11) is -5.64. The molecule has 0 spiro atoms. The van der Waals surface area contributed by atoms with Gasteiger partial charge in [0.25, 0.3) is 0 Å². The number of carbonyl (C=O) groups excluding carboxylic acids is 3. The third kappa shape index (κ3) is 9.06. The first-order valence-corrected chi connectivity index (χ1v) is 16.8. The topological polar surface area (TPSA) is 133 Å². The van der Waals surface area contributed by atoms with E-state index < -0.39 is 62.9 Å². The number of thiophene rings is 1. The molecule has 0 saturated heterocycles. The molecule has 1 heterocycles. The van der Waals surface area contributed by atoms with E-state index in [0.717, 1.165) is 23.5 Å². The van der Waals surface area contributed by atoms with E-state index in [1.807, 2.05) is 0 Å². The van der Waals surface area contributed by atoms with Crippen molar-refractivity contribution in [2.45, 2.75) is 45.6 Å². The molecule has 11 nitrogen and oxygen atoms in total. The maximum Gasteiger partial charge on any atom is 0.510 e. The quantitative estimate of drug-likeness (QED) is 0.0433. The van der Waals surface area contributed by atoms with Gasteiger partial charge in [-0.1, -0.05) is 64.1 Å². The second kappa shape index (κ2) is 15.8. The summed E-state index contributed by atoms with van der Waals surface area (Å²) in [5.41, 5.74) is -5.34. The smallest absolute Gasteiger partial charge is 0.432 e. The number of ether oxygens (including phenoxy) is 5. The SMILES string of the molecule is CC(C)OC(=O)OCOP(=O)(OCOC(=O)OC(C)C)C(F)(F)c1ccc2sc(C(=O)Oc3c(Cl)c(Cl)c(Cl)c(Cl)c3Cl)cc2c1. The van der Waals surface area contributed by atoms with Crippen molar-refractivity contribution in [1.82, 2.24) is 0 Å². The van der Waals surface area contributed by atoms with Gasteiger partial charge >= 0.3 is 31.5 Å². The summed E-state index contributed by atoms with van der Waals surface area (Å²) in [5.74, 6) is -1.38. The number of fused-ring (bicyclic) bond motifs is 1. The molecule has 0 radical (unpaired) electrons. The van der Waals surface area contributed by atoms with Gasteiger partial charge in [0.05, 0.1) is 27.3 Å². The van der Waals surface area contributed by atoms with Gasteiger partial charge in [-0.25, -0.2) is 14.4 Å². The molecule has 0 N–H and O–H groups in total. The molecule has 0 amide bonds. The van der Waals surface area contributed by atoms with E-state index in [9.17, 15) is 18.9 Å². The molecule has 0 aliphatic rings. The zero-order valence-corrected chi connectivity index (χ0v) is 29.4. The van der Waals surface area contributed by atoms with Crippen molar-refractivity contribution in [2.24, 2.45) is 0 Å². The van der Waals surface area contributed by atoms with Crippen LogP contribution in [0, 0.1) is 0 Å². The van der Waals surface area contributed by atoms with Gasteiger partial charge in [-0.15, -0.1) is 11.3 Å². The van der Waals surface area contributed by atoms with Crippen LogP contribution >= 0.6 is 76.9 Å². The summed E-state index contributed by atoms with van der Waals surface area (Å²) < 4.78 is 78.7. The monoisotopic (exact) mass is 786 g/mol. The molecule has 252 valence electrons. The maximum absolute atomic E-state index is 15.8. The average Bonchev–Trinajstić information content (AvgIpc) is 3.40. The van der Waals surface area contributed by atoms with Gasteiger partial charge in [-0.05, 0) is 51.3 Å². The fourth-order valence-electron chi connectivity index (χ4n) is 3.25. The van der Waals surface area contributed by atoms with Crippen LogP contribution < -0.4 is 4.74 Å². The second-order valence-electron chi connectivity index (χ2n) is 9.31. The fourth-order valence-corrected chi connectivity index (χ4v) is 6.60. The summed E-state index contributed by atoms with van der Waals surface area (Å²) >= 11 is 31.0. The van der Waals surface area contributed by atoms with Crippen LogP contribution in [0.5, 0.6) is 5.75 Å². The molecule has 0 unspecified atom stereocenters. The van der Waals surface area contributed by atoms with E-state index in [1.165, 1.54) is 39.8 Å². The van der Waals surface area contributed by atoms with Crippen LogP contribution in [0.4, 0.5) is 18.4 Å². The molecule has 0 fully saturated rings. The first-order chi connectivity index (χ1) is 21.4. The molecular formula is C26H22Cl5F2O11PS. The number of alkyl halides is 2. The van der Waals surface area contributed by atoms with E-state index in [2.05, 4.69) is 9.47 Å². The third-order valence-electron chi connectivity index (χ3n) is 5.24. The molecule has 0 bridgehead atoms. The Balaban J connectivity index is 1.89. The maximum atomic E-state index is 15.8. The van der Waals surface area contributed by atoms with Gasteiger partial charge in [0.1, 0.15) is 14.9 Å². The van der Waals surface area contributed by atoms with Crippen molar-refractivity contribution >= 4 is 105 Å².